The largest absolute Gasteiger partial charge is 0.289 e. The third kappa shape index (κ3) is 5.33. The van der Waals surface area contributed by atoms with Gasteiger partial charge in [0.2, 0.25) is 0 Å². The van der Waals surface area contributed by atoms with Crippen LogP contribution in [0.15, 0.2) is 60.7 Å². The molecule has 0 fully saturated rings. The summed E-state index contributed by atoms with van der Waals surface area (Å²) >= 11 is 9.90. The van der Waals surface area contributed by atoms with Crippen molar-refractivity contribution >= 4 is 56.9 Å². The molecule has 0 bridgehead atoms. The van der Waals surface area contributed by atoms with Crippen LogP contribution in [-0.4, -0.2) is 21.3 Å². The second-order valence-corrected chi connectivity index (χ2v) is 7.84. The van der Waals surface area contributed by atoms with E-state index >= 15 is 0 Å². The Morgan fingerprint density at radius 2 is 0.967 bits per heavy atom. The molecule has 30 heavy (non-hydrogen) atoms. The molecule has 0 aliphatic heterocycles. The molecule has 4 heteroatoms. The van der Waals surface area contributed by atoms with E-state index in [1.807, 2.05) is 0 Å². The Morgan fingerprint density at radius 3 is 1.27 bits per heavy atom. The Morgan fingerprint density at radius 1 is 0.633 bits per heavy atom. The number of thiocarbonyl (C=S) groups is 2. The van der Waals surface area contributed by atoms with Crippen molar-refractivity contribution < 1.29 is 9.59 Å². The van der Waals surface area contributed by atoms with E-state index in [-0.39, 0.29) is 11.6 Å². The summed E-state index contributed by atoms with van der Waals surface area (Å²) in [5.41, 5.74) is 3.67. The molecule has 0 atom stereocenters. The smallest absolute Gasteiger partial charge is 0.187 e. The summed E-state index contributed by atoms with van der Waals surface area (Å²) < 4.78 is 0. The average Bonchev–Trinajstić information content (AvgIpc) is 2.73. The SMILES string of the molecule is CC(=S)C#Cc1ccc(C2=CC(=O)C(c3ccc(C#CC(C)=S)cc3)=CC2=O)cc1. The molecule has 2 aromatic rings. The highest BCUT2D eigenvalue weighted by molar-refractivity contribution is 7.81. The molecular formula is C26H16O2S2. The summed E-state index contributed by atoms with van der Waals surface area (Å²) in [5.74, 6) is 11.2. The number of carbonyl (C=O) groups excluding carboxylic acids is 2. The zero-order chi connectivity index (χ0) is 21.7. The van der Waals surface area contributed by atoms with Crippen LogP contribution in [0.4, 0.5) is 0 Å². The van der Waals surface area contributed by atoms with Crippen LogP contribution in [0.3, 0.4) is 0 Å². The molecular weight excluding hydrogens is 408 g/mol. The van der Waals surface area contributed by atoms with Gasteiger partial charge in [-0.05, 0) is 61.4 Å². The third-order valence-corrected chi connectivity index (χ3v) is 4.44. The van der Waals surface area contributed by atoms with Gasteiger partial charge in [-0.25, -0.2) is 0 Å². The Labute approximate surface area is 186 Å². The summed E-state index contributed by atoms with van der Waals surface area (Å²) in [6.07, 6.45) is 2.78. The lowest BCUT2D eigenvalue weighted by Crippen LogP contribution is -2.12. The normalized spacial score (nSPS) is 12.6. The van der Waals surface area contributed by atoms with Crippen LogP contribution >= 0.6 is 24.4 Å². The summed E-state index contributed by atoms with van der Waals surface area (Å²) in [5, 5.41) is 0. The lowest BCUT2D eigenvalue weighted by molar-refractivity contribution is -0.112. The van der Waals surface area contributed by atoms with Crippen LogP contribution in [0.1, 0.15) is 36.1 Å². The summed E-state index contributed by atoms with van der Waals surface area (Å²) in [6, 6.07) is 14.4. The number of carbonyl (C=O) groups is 2. The van der Waals surface area contributed by atoms with Crippen molar-refractivity contribution in [1.29, 1.82) is 0 Å². The van der Waals surface area contributed by atoms with E-state index < -0.39 is 0 Å². The van der Waals surface area contributed by atoms with Gasteiger partial charge in [0.1, 0.15) is 0 Å². The molecule has 0 saturated heterocycles. The fraction of sp³-hybridized carbons (Fsp3) is 0.0769. The van der Waals surface area contributed by atoms with Crippen molar-refractivity contribution in [3.63, 3.8) is 0 Å². The number of hydrogen-bond acceptors (Lipinski definition) is 4. The fourth-order valence-electron chi connectivity index (χ4n) is 2.80. The maximum Gasteiger partial charge on any atom is 0.187 e. The molecule has 0 heterocycles. The van der Waals surface area contributed by atoms with Crippen molar-refractivity contribution in [2.75, 3.05) is 0 Å². The van der Waals surface area contributed by atoms with E-state index in [1.165, 1.54) is 12.2 Å². The number of benzene rings is 2. The van der Waals surface area contributed by atoms with Crippen LogP contribution in [0.25, 0.3) is 11.1 Å². The Bertz CT molecular complexity index is 1150. The van der Waals surface area contributed by atoms with Crippen molar-refractivity contribution in [3.8, 4) is 23.7 Å². The lowest BCUT2D eigenvalue weighted by Gasteiger charge is -2.13. The second-order valence-electron chi connectivity index (χ2n) is 6.61. The highest BCUT2D eigenvalue weighted by atomic mass is 32.1. The summed E-state index contributed by atoms with van der Waals surface area (Å²) in [6.45, 7) is 3.53. The van der Waals surface area contributed by atoms with Gasteiger partial charge in [0.15, 0.2) is 11.6 Å². The van der Waals surface area contributed by atoms with Crippen LogP contribution in [0, 0.1) is 23.7 Å². The third-order valence-electron chi connectivity index (χ3n) is 4.24. The zero-order valence-electron chi connectivity index (χ0n) is 16.4. The molecule has 0 unspecified atom stereocenters. The molecule has 2 nitrogen and oxygen atoms in total. The molecule has 1 aliphatic carbocycles. The minimum absolute atomic E-state index is 0.210. The van der Waals surface area contributed by atoms with E-state index in [9.17, 15) is 9.59 Å². The van der Waals surface area contributed by atoms with E-state index in [0.717, 1.165) is 11.1 Å². The maximum atomic E-state index is 12.7. The first-order valence-electron chi connectivity index (χ1n) is 9.11. The average molecular weight is 425 g/mol. The highest BCUT2D eigenvalue weighted by Gasteiger charge is 2.22. The molecule has 0 amide bonds. The Balaban J connectivity index is 1.82. The van der Waals surface area contributed by atoms with Crippen LogP contribution in [0.5, 0.6) is 0 Å². The van der Waals surface area contributed by atoms with Gasteiger partial charge < -0.3 is 0 Å². The topological polar surface area (TPSA) is 34.1 Å². The van der Waals surface area contributed by atoms with Gasteiger partial charge in [-0.3, -0.25) is 9.59 Å². The molecule has 3 rings (SSSR count). The molecule has 0 aromatic heterocycles. The van der Waals surface area contributed by atoms with Gasteiger partial charge in [0, 0.05) is 22.3 Å². The van der Waals surface area contributed by atoms with Gasteiger partial charge in [0.05, 0.1) is 9.73 Å². The van der Waals surface area contributed by atoms with Gasteiger partial charge in [0.25, 0.3) is 0 Å². The quantitative estimate of drug-likeness (QED) is 0.394. The van der Waals surface area contributed by atoms with Crippen molar-refractivity contribution in [1.82, 2.24) is 0 Å². The Kier molecular flexibility index (Phi) is 6.65. The van der Waals surface area contributed by atoms with Crippen LogP contribution < -0.4 is 0 Å². The van der Waals surface area contributed by atoms with Crippen molar-refractivity contribution in [2.24, 2.45) is 0 Å². The molecule has 0 spiro atoms. The minimum atomic E-state index is -0.210. The number of hydrogen-bond donors (Lipinski definition) is 0. The van der Waals surface area contributed by atoms with Gasteiger partial charge in [-0.2, -0.15) is 0 Å². The van der Waals surface area contributed by atoms with E-state index in [0.29, 0.717) is 32.0 Å². The standard InChI is InChI=1S/C26H16O2S2/c1-17(29)3-5-19-7-11-21(12-8-19)23-15-26(28)24(16-25(23)27)22-13-9-20(10-14-22)6-4-18(2)30/h7-16H,1-2H3. The fourth-order valence-corrected chi connectivity index (χ4v) is 2.90. The van der Waals surface area contributed by atoms with Gasteiger partial charge in [-0.15, -0.1) is 0 Å². The van der Waals surface area contributed by atoms with E-state index in [4.69, 9.17) is 24.4 Å². The number of rotatable bonds is 2. The highest BCUT2D eigenvalue weighted by Crippen LogP contribution is 2.27. The van der Waals surface area contributed by atoms with Crippen LogP contribution in [0.2, 0.25) is 0 Å². The van der Waals surface area contributed by atoms with Crippen LogP contribution in [-0.2, 0) is 9.59 Å². The lowest BCUT2D eigenvalue weighted by atomic mass is 9.88. The minimum Gasteiger partial charge on any atom is -0.289 e. The first-order chi connectivity index (χ1) is 14.3. The number of allylic oxidation sites excluding steroid dienone is 4. The molecule has 0 N–H and O–H groups in total. The van der Waals surface area contributed by atoms with Crippen molar-refractivity contribution in [3.05, 3.63) is 82.9 Å². The molecule has 144 valence electrons. The predicted molar refractivity (Wildman–Crippen MR) is 129 cm³/mol. The molecule has 2 aromatic carbocycles. The zero-order valence-corrected chi connectivity index (χ0v) is 18.0. The summed E-state index contributed by atoms with van der Waals surface area (Å²) in [7, 11) is 0. The molecule has 0 saturated carbocycles. The van der Waals surface area contributed by atoms with E-state index in [1.54, 1.807) is 62.4 Å². The number of ketones is 2. The second kappa shape index (κ2) is 9.37. The molecule has 0 radical (unpaired) electrons. The monoisotopic (exact) mass is 424 g/mol. The van der Waals surface area contributed by atoms with Gasteiger partial charge >= 0.3 is 0 Å². The first-order valence-corrected chi connectivity index (χ1v) is 9.93. The van der Waals surface area contributed by atoms with Crippen molar-refractivity contribution in [2.45, 2.75) is 13.8 Å². The van der Waals surface area contributed by atoms with Gasteiger partial charge in [-0.1, -0.05) is 72.4 Å². The van der Waals surface area contributed by atoms with E-state index in [2.05, 4.69) is 23.7 Å². The predicted octanol–water partition coefficient (Wildman–Crippen LogP) is 4.79. The first kappa shape index (κ1) is 21.3. The molecule has 1 aliphatic rings. The summed E-state index contributed by atoms with van der Waals surface area (Å²) in [4.78, 5) is 26.6. The maximum absolute atomic E-state index is 12.7. The Hall–Kier alpha value is -3.44.